The van der Waals surface area contributed by atoms with Crippen molar-refractivity contribution in [3.63, 3.8) is 0 Å². The molecule has 4 N–H and O–H groups in total. The summed E-state index contributed by atoms with van der Waals surface area (Å²) in [4.78, 5) is 47.4. The van der Waals surface area contributed by atoms with Gasteiger partial charge >= 0.3 is 0 Å². The number of hydrogen-bond acceptors (Lipinski definition) is 7. The van der Waals surface area contributed by atoms with Gasteiger partial charge in [-0.2, -0.15) is 0 Å². The fraction of sp³-hybridized carbons (Fsp3) is 0.419. The van der Waals surface area contributed by atoms with E-state index in [2.05, 4.69) is 15.9 Å². The normalized spacial score (nSPS) is 9.60. The van der Waals surface area contributed by atoms with Crippen LogP contribution in [0.2, 0.25) is 19.6 Å². The molecule has 0 bridgehead atoms. The zero-order valence-corrected chi connectivity index (χ0v) is 29.2. The van der Waals surface area contributed by atoms with Crippen molar-refractivity contribution in [3.05, 3.63) is 70.6 Å². The van der Waals surface area contributed by atoms with E-state index < -0.39 is 31.3 Å². The second kappa shape index (κ2) is 21.0. The van der Waals surface area contributed by atoms with Crippen LogP contribution < -0.4 is 11.1 Å². The molecule has 0 aliphatic heterocycles. The lowest BCUT2D eigenvalue weighted by molar-refractivity contribution is -0.134. The van der Waals surface area contributed by atoms with Crippen molar-refractivity contribution in [3.8, 4) is 5.69 Å². The third kappa shape index (κ3) is 23.3. The predicted octanol–water partition coefficient (Wildman–Crippen LogP) is 5.78. The van der Waals surface area contributed by atoms with E-state index in [1.54, 1.807) is 48.1 Å². The largest absolute Gasteiger partial charge is 0.481 e. The SMILES string of the molecule is CC(=O)O.CC(C)=O.CN(C)C(=O)c1ccc(N)cc1F.C[Si](C)(C)C#N.[C-]#[N+]C(C)(C)Nc1ccc(C(=O)N(C)C)c(F)c1. The third-order valence-corrected chi connectivity index (χ3v) is 4.97. The second-order valence-electron chi connectivity index (χ2n) is 11.4. The van der Waals surface area contributed by atoms with Crippen LogP contribution in [0.25, 0.3) is 4.85 Å². The van der Waals surface area contributed by atoms with Gasteiger partial charge in [0.05, 0.1) is 11.1 Å². The molecular weight excluding hydrogens is 602 g/mol. The molecule has 0 fully saturated rings. The molecule has 0 atom stereocenters. The van der Waals surface area contributed by atoms with Gasteiger partial charge < -0.3 is 30.8 Å². The van der Waals surface area contributed by atoms with Gasteiger partial charge in [-0.3, -0.25) is 19.2 Å². The summed E-state index contributed by atoms with van der Waals surface area (Å²) in [5, 5.41) is 18.5. The number of aliphatic carboxylic acids is 1. The number of nitrogen functional groups attached to an aromatic ring is 1. The lowest BCUT2D eigenvalue weighted by Gasteiger charge is -2.16. The molecule has 0 aromatic heterocycles. The van der Waals surface area contributed by atoms with Crippen LogP contribution in [0.3, 0.4) is 0 Å². The molecule has 0 heterocycles. The maximum absolute atomic E-state index is 13.8. The first kappa shape index (κ1) is 44.6. The molecule has 0 saturated heterocycles. The van der Waals surface area contributed by atoms with Crippen molar-refractivity contribution in [2.45, 2.75) is 59.9 Å². The molecule has 2 aromatic rings. The van der Waals surface area contributed by atoms with Gasteiger partial charge in [0.25, 0.3) is 23.4 Å². The van der Waals surface area contributed by atoms with Crippen LogP contribution >= 0.6 is 0 Å². The molecule has 0 aliphatic rings. The summed E-state index contributed by atoms with van der Waals surface area (Å²) in [6.07, 6.45) is 0. The molecule has 45 heavy (non-hydrogen) atoms. The van der Waals surface area contributed by atoms with Crippen molar-refractivity contribution < 1.29 is 33.1 Å². The molecule has 0 spiro atoms. The Morgan fingerprint density at radius 2 is 1.24 bits per heavy atom. The quantitative estimate of drug-likeness (QED) is 0.214. The molecule has 2 amide bonds. The van der Waals surface area contributed by atoms with Gasteiger partial charge in [0, 0.05) is 66.0 Å². The number of Topliss-reactive ketones (excluding diaryl/α,β-unsaturated/α-hetero) is 1. The zero-order chi connectivity index (χ0) is 36.3. The highest BCUT2D eigenvalue weighted by molar-refractivity contribution is 6.83. The number of carboxylic acid groups (broad SMARTS) is 1. The second-order valence-corrected chi connectivity index (χ2v) is 16.1. The van der Waals surface area contributed by atoms with Gasteiger partial charge in [0.2, 0.25) is 0 Å². The number of carbonyl (C=O) groups is 4. The topological polar surface area (TPSA) is 161 Å². The van der Waals surface area contributed by atoms with Gasteiger partial charge in [-0.15, -0.1) is 0 Å². The summed E-state index contributed by atoms with van der Waals surface area (Å²) in [7, 11) is 4.94. The zero-order valence-electron chi connectivity index (χ0n) is 28.2. The molecule has 0 unspecified atom stereocenters. The Hall–Kier alpha value is -4.82. The van der Waals surface area contributed by atoms with E-state index in [0.29, 0.717) is 11.4 Å². The first-order chi connectivity index (χ1) is 20.3. The van der Waals surface area contributed by atoms with Crippen molar-refractivity contribution >= 4 is 43.0 Å². The van der Waals surface area contributed by atoms with Crippen LogP contribution in [-0.2, 0) is 9.59 Å². The van der Waals surface area contributed by atoms with E-state index in [1.165, 1.54) is 47.9 Å². The predicted molar refractivity (Wildman–Crippen MR) is 176 cm³/mol. The van der Waals surface area contributed by atoms with Crippen molar-refractivity contribution in [2.24, 2.45) is 0 Å². The molecule has 2 rings (SSSR count). The third-order valence-electron chi connectivity index (χ3n) is 4.30. The van der Waals surface area contributed by atoms with E-state index in [1.807, 2.05) is 19.6 Å². The number of amides is 2. The first-order valence-corrected chi connectivity index (χ1v) is 16.8. The van der Waals surface area contributed by atoms with Crippen molar-refractivity contribution in [2.75, 3.05) is 39.2 Å². The number of benzene rings is 2. The molecule has 0 saturated carbocycles. The minimum atomic E-state index is -1.33. The van der Waals surface area contributed by atoms with Gasteiger partial charge in [-0.25, -0.2) is 20.6 Å². The lowest BCUT2D eigenvalue weighted by Crippen LogP contribution is -2.26. The number of ketones is 1. The average molecular weight is 649 g/mol. The van der Waals surface area contributed by atoms with Gasteiger partial charge in [-0.1, -0.05) is 19.6 Å². The molecule has 11 nitrogen and oxygen atoms in total. The number of nitriles is 1. The molecule has 2 aromatic carbocycles. The van der Waals surface area contributed by atoms with Crippen LogP contribution in [0.1, 0.15) is 55.3 Å². The molecule has 14 heteroatoms. The summed E-state index contributed by atoms with van der Waals surface area (Å²) in [6.45, 7) is 20.6. The summed E-state index contributed by atoms with van der Waals surface area (Å²) in [5.74, 6) is -2.60. The first-order valence-electron chi connectivity index (χ1n) is 13.3. The van der Waals surface area contributed by atoms with Crippen molar-refractivity contribution in [1.82, 2.24) is 9.80 Å². The fourth-order valence-corrected chi connectivity index (χ4v) is 2.33. The number of anilines is 2. The summed E-state index contributed by atoms with van der Waals surface area (Å²) < 4.78 is 26.9. The number of nitrogens with zero attached hydrogens (tertiary/aromatic N) is 4. The molecular formula is C31H46F2N6O5Si. The van der Waals surface area contributed by atoms with E-state index in [9.17, 15) is 23.2 Å². The summed E-state index contributed by atoms with van der Waals surface area (Å²) in [6, 6.07) is 8.25. The van der Waals surface area contributed by atoms with Gasteiger partial charge in [0.15, 0.2) is 8.07 Å². The molecule has 0 aliphatic carbocycles. The Kier molecular flexibility index (Phi) is 20.8. The van der Waals surface area contributed by atoms with E-state index in [0.717, 1.165) is 13.0 Å². The number of nitrogens with one attached hydrogen (secondary N) is 1. The lowest BCUT2D eigenvalue weighted by atomic mass is 10.1. The van der Waals surface area contributed by atoms with Crippen LogP contribution in [0.15, 0.2) is 36.4 Å². The molecule has 248 valence electrons. The van der Waals surface area contributed by atoms with E-state index in [4.69, 9.17) is 27.5 Å². The van der Waals surface area contributed by atoms with Crippen LogP contribution in [0.5, 0.6) is 0 Å². The number of carboxylic acids is 1. The maximum atomic E-state index is 13.8. The van der Waals surface area contributed by atoms with E-state index >= 15 is 0 Å². The van der Waals surface area contributed by atoms with Gasteiger partial charge in [-0.05, 0) is 50.2 Å². The molecule has 0 radical (unpaired) electrons. The Morgan fingerprint density at radius 1 is 0.911 bits per heavy atom. The maximum Gasteiger partial charge on any atom is 0.300 e. The summed E-state index contributed by atoms with van der Waals surface area (Å²) >= 11 is 0. The monoisotopic (exact) mass is 648 g/mol. The van der Waals surface area contributed by atoms with Crippen LogP contribution in [0, 0.1) is 29.2 Å². The highest BCUT2D eigenvalue weighted by Crippen LogP contribution is 2.20. The Balaban J connectivity index is -0.000000566. The Labute approximate surface area is 266 Å². The van der Waals surface area contributed by atoms with Crippen LogP contribution in [-0.4, -0.2) is 80.4 Å². The van der Waals surface area contributed by atoms with Crippen molar-refractivity contribution in [1.29, 1.82) is 5.26 Å². The standard InChI is InChI=1S/C13H16FN3O.C9H11FN2O.C4H9NSi.C3H6O.C2H4O2/c1-13(2,15-3)16-9-6-7-10(11(14)8-9)12(18)17(4)5;1-12(2)9(13)7-4-3-6(11)5-8(7)10;1-6(2,3)4-5;1-3(2)4;1-2(3)4/h6-8,16H,1-2,4-5H3;3-5H,11H2,1-2H3;1-3H3;1-2H3;1H3,(H,3,4). The minimum Gasteiger partial charge on any atom is -0.481 e. The summed E-state index contributed by atoms with van der Waals surface area (Å²) in [5.41, 5.74) is 7.62. The Bertz CT molecular complexity index is 1360. The highest BCUT2D eigenvalue weighted by Gasteiger charge is 2.23. The van der Waals surface area contributed by atoms with E-state index in [-0.39, 0.29) is 28.7 Å². The smallest absolute Gasteiger partial charge is 0.300 e. The van der Waals surface area contributed by atoms with Gasteiger partial charge in [0.1, 0.15) is 17.4 Å². The highest BCUT2D eigenvalue weighted by atomic mass is 28.3. The number of carbonyl (C=O) groups excluding carboxylic acids is 3. The number of nitrogens with two attached hydrogens (primary N) is 1. The number of halogens is 2. The number of hydrogen-bond donors (Lipinski definition) is 3. The minimum absolute atomic E-state index is 0.0196. The Morgan fingerprint density at radius 3 is 1.51 bits per heavy atom. The number of rotatable bonds is 4. The van der Waals surface area contributed by atoms with Crippen LogP contribution in [0.4, 0.5) is 20.2 Å². The average Bonchev–Trinajstić information content (AvgIpc) is 2.87. The fourth-order valence-electron chi connectivity index (χ4n) is 2.33.